The Balaban J connectivity index is 1.83. The van der Waals surface area contributed by atoms with Crippen LogP contribution in [0.3, 0.4) is 0 Å². The van der Waals surface area contributed by atoms with Crippen molar-refractivity contribution in [3.05, 3.63) is 35.9 Å². The lowest BCUT2D eigenvalue weighted by molar-refractivity contribution is -0.169. The van der Waals surface area contributed by atoms with Gasteiger partial charge in [-0.1, -0.05) is 30.3 Å². The Morgan fingerprint density at radius 3 is 2.67 bits per heavy atom. The van der Waals surface area contributed by atoms with E-state index < -0.39 is 32.6 Å². The summed E-state index contributed by atoms with van der Waals surface area (Å²) < 4.78 is 17.1. The number of rotatable bonds is 5. The minimum atomic E-state index is -1.64. The molecule has 2 heterocycles. The van der Waals surface area contributed by atoms with Crippen LogP contribution in [0.2, 0.25) is 0 Å². The third-order valence-corrected chi connectivity index (χ3v) is 6.73. The Kier molecular flexibility index (Phi) is 3.95. The number of β-lactam (4-membered cyclic amide) rings is 1. The van der Waals surface area contributed by atoms with Gasteiger partial charge in [0.25, 0.3) is 0 Å². The Bertz CT molecular complexity index is 716. The van der Waals surface area contributed by atoms with Gasteiger partial charge in [-0.05, 0) is 19.4 Å². The largest absolute Gasteiger partial charge is 0.459 e. The molecule has 24 heavy (non-hydrogen) atoms. The Morgan fingerprint density at radius 2 is 2.08 bits per heavy atom. The van der Waals surface area contributed by atoms with Gasteiger partial charge in [-0.25, -0.2) is 4.79 Å². The molecule has 3 rings (SSSR count). The summed E-state index contributed by atoms with van der Waals surface area (Å²) in [6, 6.07) is 8.14. The van der Waals surface area contributed by atoms with E-state index >= 15 is 0 Å². The van der Waals surface area contributed by atoms with Crippen LogP contribution in [-0.2, 0) is 36.5 Å². The second kappa shape index (κ2) is 5.70. The maximum Gasteiger partial charge on any atom is 0.330 e. The molecule has 1 N–H and O–H groups in total. The van der Waals surface area contributed by atoms with E-state index in [1.54, 1.807) is 13.8 Å². The molecule has 0 aliphatic carbocycles. The highest BCUT2D eigenvalue weighted by Crippen LogP contribution is 2.49. The van der Waals surface area contributed by atoms with Crippen molar-refractivity contribution < 1.29 is 23.3 Å². The van der Waals surface area contributed by atoms with Crippen molar-refractivity contribution in [2.75, 3.05) is 0 Å². The molecule has 2 aliphatic rings. The Hall–Kier alpha value is -2.22. The Labute approximate surface area is 141 Å². The van der Waals surface area contributed by atoms with Crippen LogP contribution >= 0.6 is 0 Å². The summed E-state index contributed by atoms with van der Waals surface area (Å²) in [5, 5.41) is 2.47. The standard InChI is InChI=1S/C16H18N2O5S/c1-15(2)13(14(21)23-9-11-6-4-3-5-7-11)18-12(20)8-16(18,17-10-19)24(15)22/h3-7,10,13H,8-9H2,1-2H3,(H,17,19)/t13-,16?,24?/m0/s1. The van der Waals surface area contributed by atoms with E-state index in [4.69, 9.17) is 4.74 Å². The molecule has 1 aromatic rings. The molecule has 2 amide bonds. The number of ether oxygens (including phenoxy) is 1. The predicted octanol–water partition coefficient (Wildman–Crippen LogP) is 0.271. The average molecular weight is 350 g/mol. The zero-order valence-electron chi connectivity index (χ0n) is 13.4. The lowest BCUT2D eigenvalue weighted by Crippen LogP contribution is -2.71. The van der Waals surface area contributed by atoms with E-state index in [9.17, 15) is 18.6 Å². The lowest BCUT2D eigenvalue weighted by atomic mass is 9.96. The van der Waals surface area contributed by atoms with Crippen LogP contribution in [0.5, 0.6) is 0 Å². The maximum absolute atomic E-state index is 12.8. The molecule has 2 aliphatic heterocycles. The van der Waals surface area contributed by atoms with Crippen molar-refractivity contribution in [2.24, 2.45) is 0 Å². The van der Waals surface area contributed by atoms with Crippen LogP contribution in [0.15, 0.2) is 30.3 Å². The average Bonchev–Trinajstić information content (AvgIpc) is 2.69. The molecule has 2 saturated heterocycles. The quantitative estimate of drug-likeness (QED) is 0.467. The molecule has 1 aromatic carbocycles. The van der Waals surface area contributed by atoms with E-state index in [0.717, 1.165) is 5.56 Å². The third-order valence-electron chi connectivity index (χ3n) is 4.48. The molecule has 8 heteroatoms. The van der Waals surface area contributed by atoms with Gasteiger partial charge in [0.1, 0.15) is 12.6 Å². The first-order chi connectivity index (χ1) is 11.3. The molecule has 0 bridgehead atoms. The van der Waals surface area contributed by atoms with Gasteiger partial charge in [-0.2, -0.15) is 0 Å². The number of fused-ring (bicyclic) bond motifs is 1. The number of amides is 2. The molecular formula is C16H18N2O5S. The predicted molar refractivity (Wildman–Crippen MR) is 85.6 cm³/mol. The van der Waals surface area contributed by atoms with Gasteiger partial charge in [-0.15, -0.1) is 0 Å². The monoisotopic (exact) mass is 350 g/mol. The van der Waals surface area contributed by atoms with Crippen molar-refractivity contribution in [3.8, 4) is 0 Å². The molecule has 7 nitrogen and oxygen atoms in total. The summed E-state index contributed by atoms with van der Waals surface area (Å²) in [5.41, 5.74) is 0.815. The lowest BCUT2D eigenvalue weighted by Gasteiger charge is -2.46. The van der Waals surface area contributed by atoms with Gasteiger partial charge in [0, 0.05) is 0 Å². The molecule has 0 radical (unpaired) electrons. The van der Waals surface area contributed by atoms with E-state index in [-0.39, 0.29) is 18.9 Å². The smallest absolute Gasteiger partial charge is 0.330 e. The minimum absolute atomic E-state index is 0.0645. The fourth-order valence-corrected chi connectivity index (χ4v) is 5.37. The molecule has 3 atom stereocenters. The molecule has 0 aromatic heterocycles. The number of hydrogen-bond donors (Lipinski definition) is 1. The third kappa shape index (κ3) is 2.24. The number of hydrogen-bond acceptors (Lipinski definition) is 5. The van der Waals surface area contributed by atoms with Gasteiger partial charge in [0.2, 0.25) is 17.3 Å². The van der Waals surface area contributed by atoms with E-state index in [1.807, 2.05) is 30.3 Å². The number of carbonyl (C=O) groups is 3. The van der Waals surface area contributed by atoms with Crippen LogP contribution in [-0.4, -0.2) is 43.2 Å². The summed E-state index contributed by atoms with van der Waals surface area (Å²) in [4.78, 5) is 35.4. The number of nitrogens with one attached hydrogen (secondary N) is 1. The Morgan fingerprint density at radius 1 is 1.42 bits per heavy atom. The second-order valence-electron chi connectivity index (χ2n) is 6.36. The number of nitrogens with zero attached hydrogens (tertiary/aromatic N) is 1. The zero-order chi connectivity index (χ0) is 17.5. The normalized spacial score (nSPS) is 30.2. The highest BCUT2D eigenvalue weighted by Gasteiger charge is 2.72. The van der Waals surface area contributed by atoms with E-state index in [2.05, 4.69) is 5.32 Å². The first-order valence-corrected chi connectivity index (χ1v) is 8.65. The highest BCUT2D eigenvalue weighted by molar-refractivity contribution is 7.88. The molecular weight excluding hydrogens is 332 g/mol. The number of esters is 1. The molecule has 128 valence electrons. The molecule has 0 spiro atoms. The first kappa shape index (κ1) is 16.6. The number of carbonyl (C=O) groups excluding carboxylic acids is 3. The van der Waals surface area contributed by atoms with Gasteiger partial charge in [0.05, 0.1) is 22.0 Å². The van der Waals surface area contributed by atoms with E-state index in [1.165, 1.54) is 4.90 Å². The zero-order valence-corrected chi connectivity index (χ0v) is 14.2. The summed E-state index contributed by atoms with van der Waals surface area (Å²) in [5.74, 6) is -0.954. The fourth-order valence-electron chi connectivity index (χ4n) is 3.30. The highest BCUT2D eigenvalue weighted by atomic mass is 32.2. The molecule has 0 saturated carbocycles. The van der Waals surface area contributed by atoms with Crippen molar-refractivity contribution in [1.29, 1.82) is 0 Å². The second-order valence-corrected chi connectivity index (χ2v) is 8.62. The van der Waals surface area contributed by atoms with E-state index in [0.29, 0.717) is 6.41 Å². The van der Waals surface area contributed by atoms with Crippen molar-refractivity contribution >= 4 is 29.1 Å². The SMILES string of the molecule is CC1(C)[C@H](C(=O)OCc2ccccc2)N2C(=O)CC2(NC=O)S1=O. The van der Waals surface area contributed by atoms with Crippen LogP contribution < -0.4 is 5.32 Å². The van der Waals surface area contributed by atoms with Gasteiger partial charge < -0.3 is 10.1 Å². The molecule has 2 unspecified atom stereocenters. The maximum atomic E-state index is 12.8. The summed E-state index contributed by atoms with van der Waals surface area (Å²) in [6.07, 6.45) is 0.329. The summed E-state index contributed by atoms with van der Waals surface area (Å²) in [6.45, 7) is 3.34. The fraction of sp³-hybridized carbons (Fsp3) is 0.438. The number of benzene rings is 1. The minimum Gasteiger partial charge on any atom is -0.459 e. The van der Waals surface area contributed by atoms with Crippen LogP contribution in [0, 0.1) is 0 Å². The topological polar surface area (TPSA) is 92.8 Å². The van der Waals surface area contributed by atoms with Crippen LogP contribution in [0.1, 0.15) is 25.8 Å². The molecule has 2 fully saturated rings. The van der Waals surface area contributed by atoms with Crippen molar-refractivity contribution in [1.82, 2.24) is 10.2 Å². The van der Waals surface area contributed by atoms with Crippen molar-refractivity contribution in [2.45, 2.75) is 42.7 Å². The van der Waals surface area contributed by atoms with Crippen LogP contribution in [0.25, 0.3) is 0 Å². The summed E-state index contributed by atoms with van der Waals surface area (Å²) in [7, 11) is -1.64. The first-order valence-electron chi connectivity index (χ1n) is 7.50. The summed E-state index contributed by atoms with van der Waals surface area (Å²) >= 11 is 0. The van der Waals surface area contributed by atoms with Gasteiger partial charge >= 0.3 is 5.97 Å². The van der Waals surface area contributed by atoms with Gasteiger partial charge in [-0.3, -0.25) is 18.7 Å². The van der Waals surface area contributed by atoms with Crippen molar-refractivity contribution in [3.63, 3.8) is 0 Å². The van der Waals surface area contributed by atoms with Gasteiger partial charge in [0.15, 0.2) is 0 Å². The van der Waals surface area contributed by atoms with Crippen LogP contribution in [0.4, 0.5) is 0 Å².